The maximum absolute atomic E-state index is 8.58. The molecule has 0 aliphatic rings. The molecule has 0 spiro atoms. The van der Waals surface area contributed by atoms with Crippen LogP contribution in [0.5, 0.6) is 0 Å². The fourth-order valence-corrected chi connectivity index (χ4v) is 113. The molecule has 0 saturated heterocycles. The van der Waals surface area contributed by atoms with Gasteiger partial charge in [-0.1, -0.05) is 0 Å². The molecule has 0 aromatic rings. The molecule has 1 radical (unpaired) electrons. The second-order valence-corrected chi connectivity index (χ2v) is 44.2. The molecule has 9 heteroatoms. The Morgan fingerprint density at radius 3 is 2.00 bits per heavy atom. The molecular weight excluding hydrogens is 266 g/mol. The molecule has 0 heterocycles. The van der Waals surface area contributed by atoms with Gasteiger partial charge in [-0.3, -0.25) is 0 Å². The van der Waals surface area contributed by atoms with Crippen molar-refractivity contribution in [2.45, 2.75) is 0 Å². The van der Waals surface area contributed by atoms with Gasteiger partial charge in [0, 0.05) is 54.6 Å². The Morgan fingerprint density at radius 2 is 1.67 bits per heavy atom. The van der Waals surface area contributed by atoms with E-state index in [1.54, 1.807) is 9.76 Å². The van der Waals surface area contributed by atoms with Crippen molar-refractivity contribution in [3.63, 3.8) is 0 Å². The number of hydrogen-bond acceptors (Lipinski definition) is 1. The van der Waals surface area contributed by atoms with E-state index in [1.807, 2.05) is 0 Å². The molecule has 9 heavy (non-hydrogen) atoms. The van der Waals surface area contributed by atoms with Crippen LogP contribution in [0.1, 0.15) is 0 Å². The van der Waals surface area contributed by atoms with E-state index in [-0.39, 0.29) is 55.3 Å². The summed E-state index contributed by atoms with van der Waals surface area (Å²) in [4.78, 5) is 8.58. The van der Waals surface area contributed by atoms with E-state index in [9.17, 15) is 0 Å². The van der Waals surface area contributed by atoms with E-state index >= 15 is 0 Å². The molecule has 55 valence electrons. The van der Waals surface area contributed by atoms with E-state index in [4.69, 9.17) is 4.80 Å². The summed E-state index contributed by atoms with van der Waals surface area (Å²) < 4.78 is 0. The van der Waals surface area contributed by atoms with Gasteiger partial charge in [0.1, 0.15) is 9.28 Å². The topological polar surface area (TPSA) is 20.2 Å². The predicted molar refractivity (Wildman–Crippen MR) is 60.6 cm³/mol. The molecular formula is H14NaNiOSi6. The van der Waals surface area contributed by atoms with Gasteiger partial charge in [0.2, 0.25) is 0 Å². The average molecular weight is 280 g/mol. The summed E-state index contributed by atoms with van der Waals surface area (Å²) in [5.74, 6) is 0. The molecule has 0 unspecified atom stereocenters. The molecule has 0 fully saturated rings. The van der Waals surface area contributed by atoms with Crippen molar-refractivity contribution in [1.29, 1.82) is 0 Å². The van der Waals surface area contributed by atoms with Crippen LogP contribution in [0.4, 0.5) is 0 Å². The molecule has 0 saturated carbocycles. The summed E-state index contributed by atoms with van der Waals surface area (Å²) in [6.45, 7) is 0. The Balaban J connectivity index is -0.000000180. The zero-order chi connectivity index (χ0) is 5.54. The summed E-state index contributed by atoms with van der Waals surface area (Å²) in [7, 11) is 3.59. The standard InChI is InChI=1S/Na.Ni.H14OSi6/c;;1-3-5-7-6-4-2/h;;1H,3-7H2,2H3. The van der Waals surface area contributed by atoms with Gasteiger partial charge in [-0.15, -0.1) is 0 Å². The van der Waals surface area contributed by atoms with Crippen molar-refractivity contribution in [3.05, 3.63) is 0 Å². The smallest absolute Gasteiger partial charge is 0.135 e. The van der Waals surface area contributed by atoms with Gasteiger partial charge in [0.25, 0.3) is 0 Å². The molecule has 1 N–H and O–H groups in total. The third-order valence-corrected chi connectivity index (χ3v) is 73.4. The average Bonchev–Trinajstić information content (AvgIpc) is 1.69. The summed E-state index contributed by atoms with van der Waals surface area (Å²) in [5.41, 5.74) is 0. The minimum Gasteiger partial charge on any atom is -0.442 e. The molecule has 0 atom stereocenters. The summed E-state index contributed by atoms with van der Waals surface area (Å²) >= 11 is 0. The van der Waals surface area contributed by atoms with Gasteiger partial charge >= 0.3 is 0 Å². The number of hydrogen-bond donors (Lipinski definition) is 1. The van der Waals surface area contributed by atoms with Gasteiger partial charge in [-0.05, 0) is 35.4 Å². The van der Waals surface area contributed by atoms with Gasteiger partial charge in [0.15, 0.2) is 0 Å². The predicted octanol–water partition coefficient (Wildman–Crippen LogP) is -6.71. The molecule has 0 aliphatic carbocycles. The van der Waals surface area contributed by atoms with Crippen molar-refractivity contribution in [1.82, 2.24) is 0 Å². The molecule has 0 aromatic heterocycles. The van der Waals surface area contributed by atoms with Crippen LogP contribution in [-0.2, 0) is 16.5 Å². The normalized spacial score (nSPS) is 14.3. The van der Waals surface area contributed by atoms with E-state index in [1.165, 1.54) is 0 Å². The Morgan fingerprint density at radius 1 is 1.11 bits per heavy atom. The molecule has 0 bridgehead atoms. The minimum absolute atomic E-state index is 0. The first-order chi connectivity index (χ1) is 3.41. The van der Waals surface area contributed by atoms with Crippen LogP contribution in [0.25, 0.3) is 0 Å². The zero-order valence-electron chi connectivity index (χ0n) is 6.30. The Bertz CT molecular complexity index is 32.2. The first-order valence-corrected chi connectivity index (χ1v) is 25.3. The first kappa shape index (κ1) is 17.7. The Hall–Kier alpha value is 2.75. The SMILES string of the molecule is O[SiH2][SiH2][SiH2][SiH2][SiH2][SiH3].[Na].[Ni]. The number of rotatable bonds is 4. The largest absolute Gasteiger partial charge is 0.442 e. The van der Waals surface area contributed by atoms with Crippen molar-refractivity contribution < 1.29 is 21.3 Å². The monoisotopic (exact) mass is 279 g/mol. The molecule has 1 nitrogen and oxygen atoms in total. The van der Waals surface area contributed by atoms with Crippen LogP contribution >= 0.6 is 0 Å². The fraction of sp³-hybridized carbons (Fsp3) is 0. The fourth-order valence-electron chi connectivity index (χ4n) is 0.539. The van der Waals surface area contributed by atoms with Crippen molar-refractivity contribution in [2.75, 3.05) is 0 Å². The molecule has 0 amide bonds. The van der Waals surface area contributed by atoms with Gasteiger partial charge < -0.3 is 4.80 Å². The quantitative estimate of drug-likeness (QED) is 0.401. The molecule has 0 rings (SSSR count). The van der Waals surface area contributed by atoms with Crippen LogP contribution in [0, 0.1) is 0 Å². The third-order valence-electron chi connectivity index (χ3n) is 1.01. The second kappa shape index (κ2) is 17.0. The summed E-state index contributed by atoms with van der Waals surface area (Å²) in [6, 6.07) is 0. The second-order valence-electron chi connectivity index (χ2n) is 1.78. The maximum atomic E-state index is 8.58. The Kier molecular flexibility index (Phi) is 33.5. The summed E-state index contributed by atoms with van der Waals surface area (Å²) in [5, 5.41) is 0. The maximum Gasteiger partial charge on any atom is 0.135 e. The third kappa shape index (κ3) is 18.1. The molecule has 0 aromatic carbocycles. The van der Waals surface area contributed by atoms with Crippen LogP contribution in [-0.4, -0.2) is 87.6 Å². The minimum atomic E-state index is -0.333. The van der Waals surface area contributed by atoms with Gasteiger partial charge in [-0.25, -0.2) is 0 Å². The van der Waals surface area contributed by atoms with Crippen molar-refractivity contribution in [2.24, 2.45) is 0 Å². The van der Waals surface area contributed by atoms with Crippen LogP contribution < -0.4 is 0 Å². The van der Waals surface area contributed by atoms with Gasteiger partial charge in [0.05, 0.1) is 0 Å². The van der Waals surface area contributed by atoms with Crippen LogP contribution in [0.2, 0.25) is 0 Å². The van der Waals surface area contributed by atoms with E-state index in [0.29, 0.717) is 34.2 Å². The first-order valence-electron chi connectivity index (χ1n) is 3.02. The zero-order valence-corrected chi connectivity index (χ0v) is 18.4. The van der Waals surface area contributed by atoms with E-state index in [2.05, 4.69) is 0 Å². The van der Waals surface area contributed by atoms with Crippen molar-refractivity contribution in [3.8, 4) is 0 Å². The van der Waals surface area contributed by atoms with Gasteiger partial charge in [-0.2, -0.15) is 0 Å². The van der Waals surface area contributed by atoms with Crippen LogP contribution in [0.15, 0.2) is 0 Å². The molecule has 0 aliphatic heterocycles. The summed E-state index contributed by atoms with van der Waals surface area (Å²) in [6.07, 6.45) is 0. The van der Waals surface area contributed by atoms with E-state index < -0.39 is 0 Å². The Labute approximate surface area is 103 Å². The van der Waals surface area contributed by atoms with Crippen molar-refractivity contribution >= 4 is 82.8 Å². The van der Waals surface area contributed by atoms with Crippen LogP contribution in [0.3, 0.4) is 0 Å². The van der Waals surface area contributed by atoms with E-state index in [0.717, 1.165) is 0 Å².